The summed E-state index contributed by atoms with van der Waals surface area (Å²) in [6.45, 7) is 14.3. The van der Waals surface area contributed by atoms with Gasteiger partial charge in [0, 0.05) is 5.92 Å². The van der Waals surface area contributed by atoms with E-state index in [0.717, 1.165) is 12.0 Å². The molecule has 1 N–H and O–H groups in total. The van der Waals surface area contributed by atoms with Crippen LogP contribution in [-0.2, 0) is 16.6 Å². The summed E-state index contributed by atoms with van der Waals surface area (Å²) in [7, 11) is 0. The molecule has 152 valence electrons. The fraction of sp³-hybridized carbons (Fsp3) is 0.423. The zero-order chi connectivity index (χ0) is 21.3. The van der Waals surface area contributed by atoms with E-state index in [1.807, 2.05) is 26.8 Å². The Hall–Kier alpha value is -2.35. The van der Waals surface area contributed by atoms with Crippen LogP contribution in [0.4, 0.5) is 0 Å². The second-order valence-corrected chi connectivity index (χ2v) is 7.63. The Morgan fingerprint density at radius 3 is 2.04 bits per heavy atom. The van der Waals surface area contributed by atoms with Crippen LogP contribution in [0, 0.1) is 5.92 Å². The summed E-state index contributed by atoms with van der Waals surface area (Å²) in [4.78, 5) is 11.4. The third kappa shape index (κ3) is 5.82. The first-order valence-corrected chi connectivity index (χ1v) is 10.3. The Morgan fingerprint density at radius 2 is 1.57 bits per heavy atom. The van der Waals surface area contributed by atoms with E-state index in [1.165, 1.54) is 16.7 Å². The van der Waals surface area contributed by atoms with Crippen LogP contribution in [-0.4, -0.2) is 11.1 Å². The lowest BCUT2D eigenvalue weighted by Gasteiger charge is -2.34. The second kappa shape index (κ2) is 10.8. The number of carboxylic acids is 1. The van der Waals surface area contributed by atoms with E-state index >= 15 is 0 Å². The summed E-state index contributed by atoms with van der Waals surface area (Å²) in [6.07, 6.45) is 3.16. The minimum Gasteiger partial charge on any atom is -0.481 e. The number of carboxylic acid groups (broad SMARTS) is 1. The van der Waals surface area contributed by atoms with E-state index in [9.17, 15) is 9.90 Å². The number of carbonyl (C=O) groups is 1. The van der Waals surface area contributed by atoms with Gasteiger partial charge in [-0.3, -0.25) is 4.79 Å². The molecule has 0 spiro atoms. The smallest absolute Gasteiger partial charge is 0.310 e. The molecule has 28 heavy (non-hydrogen) atoms. The molecule has 0 fully saturated rings. The van der Waals surface area contributed by atoms with Crippen LogP contribution in [0.2, 0.25) is 0 Å². The normalized spacial score (nSPS) is 13.9. The van der Waals surface area contributed by atoms with Crippen molar-refractivity contribution < 1.29 is 9.90 Å². The molecule has 0 aromatic heterocycles. The van der Waals surface area contributed by atoms with Crippen LogP contribution in [0.5, 0.6) is 0 Å². The molecular formula is C26H36O2. The molecule has 2 unspecified atom stereocenters. The molecule has 2 heteroatoms. The predicted octanol–water partition coefficient (Wildman–Crippen LogP) is 7.00. The van der Waals surface area contributed by atoms with Crippen molar-refractivity contribution in [2.45, 2.75) is 66.2 Å². The average Bonchev–Trinajstić information content (AvgIpc) is 2.73. The van der Waals surface area contributed by atoms with Crippen molar-refractivity contribution in [3.63, 3.8) is 0 Å². The Kier molecular flexibility index (Phi) is 9.18. The van der Waals surface area contributed by atoms with Crippen LogP contribution in [0.3, 0.4) is 0 Å². The van der Waals surface area contributed by atoms with Crippen molar-refractivity contribution in [2.24, 2.45) is 5.92 Å². The highest BCUT2D eigenvalue weighted by atomic mass is 16.4. The zero-order valence-corrected chi connectivity index (χ0v) is 18.5. The van der Waals surface area contributed by atoms with E-state index in [-0.39, 0.29) is 11.3 Å². The third-order valence-corrected chi connectivity index (χ3v) is 5.53. The molecule has 0 aliphatic rings. The molecule has 0 aliphatic carbocycles. The van der Waals surface area contributed by atoms with Crippen LogP contribution in [0.25, 0.3) is 0 Å². The van der Waals surface area contributed by atoms with Gasteiger partial charge in [0.15, 0.2) is 0 Å². The highest BCUT2D eigenvalue weighted by molar-refractivity contribution is 5.73. The van der Waals surface area contributed by atoms with Crippen LogP contribution < -0.4 is 0 Å². The maximum absolute atomic E-state index is 11.4. The summed E-state index contributed by atoms with van der Waals surface area (Å²) < 4.78 is 0. The number of aryl methyl sites for hydroxylation is 1. The lowest BCUT2D eigenvalue weighted by Crippen LogP contribution is -2.26. The van der Waals surface area contributed by atoms with Gasteiger partial charge in [-0.25, -0.2) is 0 Å². The van der Waals surface area contributed by atoms with Crippen LogP contribution in [0.1, 0.15) is 71.1 Å². The quantitative estimate of drug-likeness (QED) is 0.525. The molecule has 0 saturated carbocycles. The molecule has 0 radical (unpaired) electrons. The van der Waals surface area contributed by atoms with E-state index in [2.05, 4.69) is 75.4 Å². The average molecular weight is 381 g/mol. The lowest BCUT2D eigenvalue weighted by molar-refractivity contribution is -0.139. The molecule has 0 amide bonds. The first-order valence-electron chi connectivity index (χ1n) is 10.3. The van der Waals surface area contributed by atoms with Gasteiger partial charge in [-0.1, -0.05) is 101 Å². The molecule has 2 nitrogen and oxygen atoms in total. The van der Waals surface area contributed by atoms with Gasteiger partial charge in [0.25, 0.3) is 0 Å². The largest absolute Gasteiger partial charge is 0.481 e. The highest BCUT2D eigenvalue weighted by Gasteiger charge is 2.31. The summed E-state index contributed by atoms with van der Waals surface area (Å²) in [5.74, 6) is -1.17. The number of rotatable bonds is 7. The molecule has 2 atom stereocenters. The Balaban J connectivity index is 0.00000190. The van der Waals surface area contributed by atoms with Crippen LogP contribution >= 0.6 is 0 Å². The summed E-state index contributed by atoms with van der Waals surface area (Å²) in [5, 5.41) is 9.38. The maximum atomic E-state index is 11.4. The third-order valence-electron chi connectivity index (χ3n) is 5.53. The molecule has 0 aliphatic heterocycles. The van der Waals surface area contributed by atoms with Crippen molar-refractivity contribution in [3.8, 4) is 0 Å². The fourth-order valence-electron chi connectivity index (χ4n) is 3.33. The molecule has 0 heterocycles. The topological polar surface area (TPSA) is 37.3 Å². The molecule has 2 aromatic rings. The van der Waals surface area contributed by atoms with Gasteiger partial charge in [0.1, 0.15) is 0 Å². The molecular weight excluding hydrogens is 344 g/mol. The molecule has 2 rings (SSSR count). The number of aliphatic carboxylic acids is 1. The van der Waals surface area contributed by atoms with E-state index in [1.54, 1.807) is 6.92 Å². The Morgan fingerprint density at radius 1 is 1.04 bits per heavy atom. The first kappa shape index (κ1) is 23.7. The zero-order valence-electron chi connectivity index (χ0n) is 18.5. The van der Waals surface area contributed by atoms with Gasteiger partial charge in [-0.15, -0.1) is 0 Å². The first-order chi connectivity index (χ1) is 13.3. The van der Waals surface area contributed by atoms with Crippen molar-refractivity contribution >= 4 is 5.97 Å². The SMILES string of the molecule is CC.CCc1ccc(C(C=C(C)C(C)C(=O)O)C(C)(C)c2ccccc2)cc1. The van der Waals surface area contributed by atoms with E-state index in [0.29, 0.717) is 0 Å². The van der Waals surface area contributed by atoms with Gasteiger partial charge in [-0.2, -0.15) is 0 Å². The molecule has 2 aromatic carbocycles. The number of hydrogen-bond acceptors (Lipinski definition) is 1. The number of benzene rings is 2. The standard InChI is InChI=1S/C24H30O2.C2H6/c1-6-19-12-14-20(15-13-19)22(16-17(2)18(3)23(25)26)24(4,5)21-10-8-7-9-11-21;1-2/h7-16,18,22H,6H2,1-5H3,(H,25,26);1-2H3. The van der Waals surface area contributed by atoms with E-state index in [4.69, 9.17) is 0 Å². The summed E-state index contributed by atoms with van der Waals surface area (Å²) >= 11 is 0. The van der Waals surface area contributed by atoms with Crippen molar-refractivity contribution in [3.05, 3.63) is 82.9 Å². The second-order valence-electron chi connectivity index (χ2n) is 7.63. The van der Waals surface area contributed by atoms with Gasteiger partial charge < -0.3 is 5.11 Å². The number of allylic oxidation sites excluding steroid dienone is 1. The number of hydrogen-bond donors (Lipinski definition) is 1. The van der Waals surface area contributed by atoms with Gasteiger partial charge in [0.05, 0.1) is 5.92 Å². The minimum absolute atomic E-state index is 0.0950. The molecule has 0 saturated heterocycles. The minimum atomic E-state index is -0.781. The van der Waals surface area contributed by atoms with Gasteiger partial charge in [0.2, 0.25) is 0 Å². The fourth-order valence-corrected chi connectivity index (χ4v) is 3.33. The maximum Gasteiger partial charge on any atom is 0.310 e. The van der Waals surface area contributed by atoms with E-state index < -0.39 is 11.9 Å². The van der Waals surface area contributed by atoms with Gasteiger partial charge in [-0.05, 0) is 42.4 Å². The Labute approximate surface area is 171 Å². The van der Waals surface area contributed by atoms with Crippen molar-refractivity contribution in [2.75, 3.05) is 0 Å². The van der Waals surface area contributed by atoms with Gasteiger partial charge >= 0.3 is 5.97 Å². The highest BCUT2D eigenvalue weighted by Crippen LogP contribution is 2.41. The Bertz CT molecular complexity index is 755. The van der Waals surface area contributed by atoms with Crippen molar-refractivity contribution in [1.29, 1.82) is 0 Å². The predicted molar refractivity (Wildman–Crippen MR) is 120 cm³/mol. The monoisotopic (exact) mass is 380 g/mol. The summed E-state index contributed by atoms with van der Waals surface area (Å²) in [5.41, 5.74) is 4.51. The lowest BCUT2D eigenvalue weighted by atomic mass is 9.69. The van der Waals surface area contributed by atoms with Crippen molar-refractivity contribution in [1.82, 2.24) is 0 Å². The summed E-state index contributed by atoms with van der Waals surface area (Å²) in [6, 6.07) is 19.2. The van der Waals surface area contributed by atoms with Crippen LogP contribution in [0.15, 0.2) is 66.2 Å². The molecule has 0 bridgehead atoms.